The summed E-state index contributed by atoms with van der Waals surface area (Å²) in [5.41, 5.74) is 5.99. The maximum atomic E-state index is 5.99. The van der Waals surface area contributed by atoms with Crippen LogP contribution in [0.25, 0.3) is 0 Å². The second-order valence-corrected chi connectivity index (χ2v) is 6.69. The molecule has 2 rings (SSSR count). The molecule has 18 heavy (non-hydrogen) atoms. The third-order valence-electron chi connectivity index (χ3n) is 3.83. The number of nitrogens with two attached hydrogens (primary N) is 1. The normalized spacial score (nSPS) is 20.5. The van der Waals surface area contributed by atoms with Crippen LogP contribution in [0.3, 0.4) is 0 Å². The first-order chi connectivity index (χ1) is 8.61. The Morgan fingerprint density at radius 3 is 2.22 bits per heavy atom. The summed E-state index contributed by atoms with van der Waals surface area (Å²) >= 11 is 1.89. The molecule has 1 aliphatic heterocycles. The molecule has 1 fully saturated rings. The van der Waals surface area contributed by atoms with Crippen molar-refractivity contribution >= 4 is 11.3 Å². The number of aryl methyl sites for hydroxylation is 1. The zero-order valence-corrected chi connectivity index (χ0v) is 12.5. The van der Waals surface area contributed by atoms with E-state index in [2.05, 4.69) is 42.7 Å². The standard InChI is InChI=1S/C14H25N3S/c1-11(2)16-6-8-17(9-7-16)13(10-15)14-5-4-12(3)18-14/h4-5,11,13H,6-10,15H2,1-3H3. The van der Waals surface area contributed by atoms with Crippen LogP contribution in [0, 0.1) is 6.92 Å². The van der Waals surface area contributed by atoms with E-state index in [4.69, 9.17) is 5.73 Å². The first-order valence-electron chi connectivity index (χ1n) is 6.86. The fraction of sp³-hybridized carbons (Fsp3) is 0.714. The largest absolute Gasteiger partial charge is 0.329 e. The lowest BCUT2D eigenvalue weighted by atomic mass is 10.1. The molecular weight excluding hydrogens is 242 g/mol. The molecule has 0 aromatic carbocycles. The Labute approximate surface area is 115 Å². The highest BCUT2D eigenvalue weighted by Gasteiger charge is 2.25. The van der Waals surface area contributed by atoms with Gasteiger partial charge in [-0.05, 0) is 32.9 Å². The van der Waals surface area contributed by atoms with Gasteiger partial charge in [-0.1, -0.05) is 0 Å². The lowest BCUT2D eigenvalue weighted by Gasteiger charge is -2.40. The Bertz CT molecular complexity index is 367. The lowest BCUT2D eigenvalue weighted by Crippen LogP contribution is -2.50. The second kappa shape index (κ2) is 6.15. The van der Waals surface area contributed by atoms with Gasteiger partial charge in [-0.3, -0.25) is 9.80 Å². The van der Waals surface area contributed by atoms with Crippen LogP contribution < -0.4 is 5.73 Å². The van der Waals surface area contributed by atoms with Crippen molar-refractivity contribution in [2.24, 2.45) is 5.73 Å². The Morgan fingerprint density at radius 1 is 1.17 bits per heavy atom. The van der Waals surface area contributed by atoms with Gasteiger partial charge in [-0.15, -0.1) is 11.3 Å². The number of thiophene rings is 1. The predicted molar refractivity (Wildman–Crippen MR) is 79.1 cm³/mol. The van der Waals surface area contributed by atoms with Crippen LogP contribution in [0.1, 0.15) is 29.6 Å². The molecule has 0 aliphatic carbocycles. The van der Waals surface area contributed by atoms with Gasteiger partial charge in [0.05, 0.1) is 6.04 Å². The quantitative estimate of drug-likeness (QED) is 0.906. The van der Waals surface area contributed by atoms with E-state index >= 15 is 0 Å². The Kier molecular flexibility index (Phi) is 4.78. The molecule has 1 unspecified atom stereocenters. The van der Waals surface area contributed by atoms with Gasteiger partial charge >= 0.3 is 0 Å². The van der Waals surface area contributed by atoms with Crippen molar-refractivity contribution in [3.8, 4) is 0 Å². The van der Waals surface area contributed by atoms with Crippen LogP contribution in [0.2, 0.25) is 0 Å². The van der Waals surface area contributed by atoms with Crippen molar-refractivity contribution in [3.63, 3.8) is 0 Å². The van der Waals surface area contributed by atoms with Crippen LogP contribution >= 0.6 is 11.3 Å². The number of hydrogen-bond donors (Lipinski definition) is 1. The van der Waals surface area contributed by atoms with E-state index in [9.17, 15) is 0 Å². The molecule has 3 nitrogen and oxygen atoms in total. The third kappa shape index (κ3) is 3.12. The maximum Gasteiger partial charge on any atom is 0.0565 e. The van der Waals surface area contributed by atoms with Gasteiger partial charge in [0.15, 0.2) is 0 Å². The zero-order valence-electron chi connectivity index (χ0n) is 11.7. The minimum absolute atomic E-state index is 0.415. The summed E-state index contributed by atoms with van der Waals surface area (Å²) in [5, 5.41) is 0. The monoisotopic (exact) mass is 267 g/mol. The van der Waals surface area contributed by atoms with Gasteiger partial charge in [-0.25, -0.2) is 0 Å². The van der Waals surface area contributed by atoms with Gasteiger partial charge in [0.25, 0.3) is 0 Å². The van der Waals surface area contributed by atoms with E-state index in [-0.39, 0.29) is 0 Å². The van der Waals surface area contributed by atoms with Crippen molar-refractivity contribution < 1.29 is 0 Å². The number of rotatable bonds is 4. The van der Waals surface area contributed by atoms with Gasteiger partial charge in [0.2, 0.25) is 0 Å². The first-order valence-corrected chi connectivity index (χ1v) is 7.68. The minimum atomic E-state index is 0.415. The number of nitrogens with zero attached hydrogens (tertiary/aromatic N) is 2. The van der Waals surface area contributed by atoms with Crippen LogP contribution in [0.5, 0.6) is 0 Å². The first kappa shape index (κ1) is 14.0. The molecular formula is C14H25N3S. The molecule has 1 saturated heterocycles. The van der Waals surface area contributed by atoms with E-state index in [1.54, 1.807) is 0 Å². The summed E-state index contributed by atoms with van der Waals surface area (Å²) in [6, 6.07) is 5.52. The molecule has 1 atom stereocenters. The molecule has 0 saturated carbocycles. The molecule has 2 heterocycles. The van der Waals surface area contributed by atoms with Crippen molar-refractivity contribution in [3.05, 3.63) is 21.9 Å². The highest BCUT2D eigenvalue weighted by Crippen LogP contribution is 2.27. The summed E-state index contributed by atoms with van der Waals surface area (Å²) in [7, 11) is 0. The highest BCUT2D eigenvalue weighted by atomic mass is 32.1. The molecule has 0 amide bonds. The Balaban J connectivity index is 1.98. The van der Waals surface area contributed by atoms with Crippen molar-refractivity contribution in [2.75, 3.05) is 32.7 Å². The molecule has 0 spiro atoms. The maximum absolute atomic E-state index is 5.99. The minimum Gasteiger partial charge on any atom is -0.329 e. The average Bonchev–Trinajstić information content (AvgIpc) is 2.77. The third-order valence-corrected chi connectivity index (χ3v) is 4.93. The van der Waals surface area contributed by atoms with Crippen LogP contribution in [0.15, 0.2) is 12.1 Å². The summed E-state index contributed by atoms with van der Waals surface area (Å²) in [4.78, 5) is 7.89. The number of piperazine rings is 1. The second-order valence-electron chi connectivity index (χ2n) is 5.37. The van der Waals surface area contributed by atoms with Gasteiger partial charge < -0.3 is 5.73 Å². The topological polar surface area (TPSA) is 32.5 Å². The molecule has 102 valence electrons. The zero-order chi connectivity index (χ0) is 13.1. The van der Waals surface area contributed by atoms with E-state index in [1.807, 2.05) is 11.3 Å². The Morgan fingerprint density at radius 2 is 1.78 bits per heavy atom. The van der Waals surface area contributed by atoms with Crippen molar-refractivity contribution in [1.82, 2.24) is 9.80 Å². The van der Waals surface area contributed by atoms with E-state index in [1.165, 1.54) is 22.8 Å². The molecule has 0 radical (unpaired) electrons. The smallest absolute Gasteiger partial charge is 0.0565 e. The van der Waals surface area contributed by atoms with Gasteiger partial charge in [0.1, 0.15) is 0 Å². The van der Waals surface area contributed by atoms with Crippen molar-refractivity contribution in [2.45, 2.75) is 32.9 Å². The summed E-state index contributed by atoms with van der Waals surface area (Å²) in [6.45, 7) is 12.0. The molecule has 0 bridgehead atoms. The lowest BCUT2D eigenvalue weighted by molar-refractivity contribution is 0.0813. The van der Waals surface area contributed by atoms with Gasteiger partial charge in [0, 0.05) is 48.5 Å². The van der Waals surface area contributed by atoms with E-state index < -0.39 is 0 Å². The van der Waals surface area contributed by atoms with Crippen LogP contribution in [-0.4, -0.2) is 48.6 Å². The van der Waals surface area contributed by atoms with Crippen LogP contribution in [-0.2, 0) is 0 Å². The summed E-state index contributed by atoms with van der Waals surface area (Å²) in [6.07, 6.45) is 0. The predicted octanol–water partition coefficient (Wildman–Crippen LogP) is 2.08. The summed E-state index contributed by atoms with van der Waals surface area (Å²) in [5.74, 6) is 0. The fourth-order valence-corrected chi connectivity index (χ4v) is 3.67. The Hall–Kier alpha value is -0.420. The molecule has 1 aromatic rings. The highest BCUT2D eigenvalue weighted by molar-refractivity contribution is 7.12. The van der Waals surface area contributed by atoms with Crippen LogP contribution in [0.4, 0.5) is 0 Å². The molecule has 1 aromatic heterocycles. The number of hydrogen-bond acceptors (Lipinski definition) is 4. The molecule has 2 N–H and O–H groups in total. The summed E-state index contributed by atoms with van der Waals surface area (Å²) < 4.78 is 0. The fourth-order valence-electron chi connectivity index (χ4n) is 2.64. The van der Waals surface area contributed by atoms with E-state index in [0.29, 0.717) is 12.1 Å². The average molecular weight is 267 g/mol. The molecule has 1 aliphatic rings. The van der Waals surface area contributed by atoms with Gasteiger partial charge in [-0.2, -0.15) is 0 Å². The van der Waals surface area contributed by atoms with E-state index in [0.717, 1.165) is 19.6 Å². The van der Waals surface area contributed by atoms with Crippen molar-refractivity contribution in [1.29, 1.82) is 0 Å². The SMILES string of the molecule is Cc1ccc(C(CN)N2CCN(C(C)C)CC2)s1. The molecule has 4 heteroatoms.